The molecule has 0 aliphatic carbocycles. The summed E-state index contributed by atoms with van der Waals surface area (Å²) in [5.74, 6) is -2.21. The molecule has 5 N–H and O–H groups in total. The summed E-state index contributed by atoms with van der Waals surface area (Å²) in [4.78, 5) is 53.9. The maximum absolute atomic E-state index is 13.5. The third-order valence-corrected chi connectivity index (χ3v) is 7.69. The zero-order chi connectivity index (χ0) is 33.1. The van der Waals surface area contributed by atoms with Gasteiger partial charge in [-0.15, -0.1) is 5.10 Å². The Morgan fingerprint density at radius 1 is 1.02 bits per heavy atom. The molecule has 14 heteroatoms. The molecule has 4 amide bonds. The van der Waals surface area contributed by atoms with Gasteiger partial charge in [0.2, 0.25) is 17.7 Å². The average Bonchev–Trinajstić information content (AvgIpc) is 3.49. The zero-order valence-electron chi connectivity index (χ0n) is 25.9. The van der Waals surface area contributed by atoms with Crippen LogP contribution in [0.4, 0.5) is 0 Å². The molecule has 1 aromatic heterocycles. The van der Waals surface area contributed by atoms with Crippen LogP contribution in [0, 0.1) is 0 Å². The van der Waals surface area contributed by atoms with Crippen LogP contribution in [0.1, 0.15) is 61.1 Å². The van der Waals surface area contributed by atoms with E-state index in [1.54, 1.807) is 16.9 Å². The van der Waals surface area contributed by atoms with Crippen molar-refractivity contribution in [3.8, 4) is 5.75 Å². The molecule has 4 rings (SSSR count). The first-order chi connectivity index (χ1) is 22.1. The van der Waals surface area contributed by atoms with Crippen LogP contribution in [0.2, 0.25) is 5.02 Å². The van der Waals surface area contributed by atoms with Crippen molar-refractivity contribution in [3.63, 3.8) is 0 Å². The van der Waals surface area contributed by atoms with Crippen LogP contribution in [0.15, 0.2) is 54.7 Å². The molecule has 0 saturated heterocycles. The number of unbranched alkanes of at least 4 members (excludes halogenated alkanes) is 1. The van der Waals surface area contributed by atoms with Crippen LogP contribution < -0.4 is 26.0 Å². The smallest absolute Gasteiger partial charge is 0.255 e. The van der Waals surface area contributed by atoms with Crippen LogP contribution in [0.5, 0.6) is 5.75 Å². The van der Waals surface area contributed by atoms with Gasteiger partial charge in [-0.05, 0) is 37.1 Å². The number of ether oxygens (including phenoxy) is 1. The van der Waals surface area contributed by atoms with Crippen molar-refractivity contribution in [3.05, 3.63) is 76.6 Å². The summed E-state index contributed by atoms with van der Waals surface area (Å²) in [6.07, 6.45) is 2.70. The number of aliphatic hydroxyl groups is 1. The second-order valence-electron chi connectivity index (χ2n) is 11.2. The Balaban J connectivity index is 1.64. The lowest BCUT2D eigenvalue weighted by atomic mass is 10.0. The number of nitrogens with zero attached hydrogens (tertiary/aromatic N) is 3. The van der Waals surface area contributed by atoms with E-state index >= 15 is 0 Å². The van der Waals surface area contributed by atoms with Crippen molar-refractivity contribution in [2.45, 2.75) is 83.3 Å². The van der Waals surface area contributed by atoms with Crippen LogP contribution in [-0.2, 0) is 33.9 Å². The van der Waals surface area contributed by atoms with E-state index in [0.717, 1.165) is 12.0 Å². The largest absolute Gasteiger partial charge is 0.493 e. The van der Waals surface area contributed by atoms with Crippen molar-refractivity contribution in [1.82, 2.24) is 36.3 Å². The highest BCUT2D eigenvalue weighted by atomic mass is 35.5. The minimum Gasteiger partial charge on any atom is -0.493 e. The molecule has 13 nitrogen and oxygen atoms in total. The molecule has 0 fully saturated rings. The summed E-state index contributed by atoms with van der Waals surface area (Å²) >= 11 is 6.20. The van der Waals surface area contributed by atoms with Crippen molar-refractivity contribution in [2.24, 2.45) is 0 Å². The number of aliphatic hydroxyl groups excluding tert-OH is 1. The third-order valence-electron chi connectivity index (χ3n) is 7.45. The Bertz CT molecular complexity index is 1500. The number of amides is 4. The van der Waals surface area contributed by atoms with E-state index in [2.05, 4.69) is 31.6 Å². The van der Waals surface area contributed by atoms with E-state index in [4.69, 9.17) is 16.3 Å². The molecular formula is C32H40ClN7O6. The molecule has 1 aliphatic heterocycles. The van der Waals surface area contributed by atoms with Gasteiger partial charge in [0.05, 0.1) is 31.0 Å². The molecule has 0 spiro atoms. The number of aryl methyl sites for hydroxylation is 1. The van der Waals surface area contributed by atoms with E-state index in [1.807, 2.05) is 37.3 Å². The number of hydrogen-bond donors (Lipinski definition) is 5. The molecule has 1 aliphatic rings. The molecular weight excluding hydrogens is 614 g/mol. The van der Waals surface area contributed by atoms with Gasteiger partial charge in [0.1, 0.15) is 29.6 Å². The summed E-state index contributed by atoms with van der Waals surface area (Å²) in [5.41, 5.74) is 1.49. The van der Waals surface area contributed by atoms with E-state index in [9.17, 15) is 24.3 Å². The van der Waals surface area contributed by atoms with Gasteiger partial charge in [0, 0.05) is 24.4 Å². The van der Waals surface area contributed by atoms with Gasteiger partial charge >= 0.3 is 0 Å². The zero-order valence-corrected chi connectivity index (χ0v) is 26.6. The topological polar surface area (TPSA) is 177 Å². The van der Waals surface area contributed by atoms with Gasteiger partial charge in [-0.25, -0.2) is 0 Å². The third kappa shape index (κ3) is 9.75. The SMILES string of the molecule is CCCC[C@@H]1NC(=O)c2ccc(Cl)cc2OCCCn2cc(nn2)CNC(=O)[C@@H](Cc2ccccc2)NC(=O)[C@H]([C@@H](C)O)NC1=O. The van der Waals surface area contributed by atoms with E-state index in [1.165, 1.54) is 19.1 Å². The Morgan fingerprint density at radius 3 is 2.54 bits per heavy atom. The Morgan fingerprint density at radius 2 is 1.80 bits per heavy atom. The van der Waals surface area contributed by atoms with Gasteiger partial charge in [-0.3, -0.25) is 23.9 Å². The van der Waals surface area contributed by atoms with Crippen molar-refractivity contribution in [1.29, 1.82) is 0 Å². The van der Waals surface area contributed by atoms with Gasteiger partial charge in [-0.1, -0.05) is 66.9 Å². The molecule has 246 valence electrons. The summed E-state index contributed by atoms with van der Waals surface area (Å²) in [6.45, 7) is 4.06. The standard InChI is InChI=1S/C32H40ClN7O6/c1-3-4-11-25-31(44)37-28(20(2)41)32(45)36-26(16-21-9-6-5-7-10-21)30(43)34-18-23-19-40(39-38-23)14-8-15-46-27-17-22(33)12-13-24(27)29(42)35-25/h5-7,9-10,12-13,17,19-20,25-26,28,41H,3-4,8,11,14-16,18H2,1-2H3,(H,34,43)(H,35,42)(H,36,45)(H,37,44)/t20-,25+,26-,28+/m1/s1. The van der Waals surface area contributed by atoms with Crippen molar-refractivity contribution >= 4 is 35.2 Å². The molecule has 46 heavy (non-hydrogen) atoms. The maximum atomic E-state index is 13.5. The molecule has 2 bridgehead atoms. The Kier molecular flexibility index (Phi) is 12.5. The summed E-state index contributed by atoms with van der Waals surface area (Å²) in [7, 11) is 0. The number of fused-ring (bicyclic) bond motifs is 3. The first kappa shape index (κ1) is 34.4. The van der Waals surface area contributed by atoms with Crippen LogP contribution >= 0.6 is 11.6 Å². The second-order valence-corrected chi connectivity index (χ2v) is 11.6. The predicted molar refractivity (Wildman–Crippen MR) is 170 cm³/mol. The number of hydrogen-bond acceptors (Lipinski definition) is 8. The highest BCUT2D eigenvalue weighted by molar-refractivity contribution is 6.30. The van der Waals surface area contributed by atoms with E-state index in [-0.39, 0.29) is 37.3 Å². The number of aromatic nitrogens is 3. The second kappa shape index (κ2) is 16.7. The average molecular weight is 654 g/mol. The molecule has 4 atom stereocenters. The van der Waals surface area contributed by atoms with Gasteiger partial charge in [-0.2, -0.15) is 0 Å². The Hall–Kier alpha value is -4.49. The number of benzene rings is 2. The van der Waals surface area contributed by atoms with Gasteiger partial charge in [0.25, 0.3) is 5.91 Å². The molecule has 0 unspecified atom stereocenters. The summed E-state index contributed by atoms with van der Waals surface area (Å²) < 4.78 is 7.53. The lowest BCUT2D eigenvalue weighted by Gasteiger charge is -2.27. The van der Waals surface area contributed by atoms with Gasteiger partial charge in [0.15, 0.2) is 0 Å². The molecule has 3 aromatic rings. The van der Waals surface area contributed by atoms with Gasteiger partial charge < -0.3 is 31.1 Å². The monoisotopic (exact) mass is 653 g/mol. The molecule has 2 aromatic carbocycles. The predicted octanol–water partition coefficient (Wildman–Crippen LogP) is 1.91. The van der Waals surface area contributed by atoms with E-state index < -0.39 is 47.9 Å². The highest BCUT2D eigenvalue weighted by Gasteiger charge is 2.33. The number of nitrogens with one attached hydrogen (secondary N) is 4. The molecule has 0 radical (unpaired) electrons. The first-order valence-corrected chi connectivity index (χ1v) is 15.7. The normalized spacial score (nSPS) is 20.9. The minimum atomic E-state index is -1.41. The van der Waals surface area contributed by atoms with E-state index in [0.29, 0.717) is 30.1 Å². The quantitative estimate of drug-likeness (QED) is 0.268. The molecule has 2 heterocycles. The maximum Gasteiger partial charge on any atom is 0.255 e. The molecule has 0 saturated carbocycles. The summed E-state index contributed by atoms with van der Waals surface area (Å²) in [6, 6.07) is 10.3. The minimum absolute atomic E-state index is 0.0613. The fraction of sp³-hybridized carbons (Fsp3) is 0.438. The number of halogens is 1. The van der Waals surface area contributed by atoms with Crippen molar-refractivity contribution < 1.29 is 29.0 Å². The Labute approximate surface area is 272 Å². The number of carbonyl (C=O) groups excluding carboxylic acids is 4. The lowest BCUT2D eigenvalue weighted by Crippen LogP contribution is -2.60. The summed E-state index contributed by atoms with van der Waals surface area (Å²) in [5, 5.41) is 30.0. The lowest BCUT2D eigenvalue weighted by molar-refractivity contribution is -0.134. The van der Waals surface area contributed by atoms with Crippen LogP contribution in [0.3, 0.4) is 0 Å². The van der Waals surface area contributed by atoms with Crippen molar-refractivity contribution in [2.75, 3.05) is 6.61 Å². The highest BCUT2D eigenvalue weighted by Crippen LogP contribution is 2.24. The number of carbonyl (C=O) groups is 4. The number of rotatable bonds is 6. The fourth-order valence-electron chi connectivity index (χ4n) is 4.93. The van der Waals surface area contributed by atoms with Crippen LogP contribution in [0.25, 0.3) is 0 Å². The first-order valence-electron chi connectivity index (χ1n) is 15.4. The fourth-order valence-corrected chi connectivity index (χ4v) is 5.10. The van der Waals surface area contributed by atoms with Crippen LogP contribution in [-0.4, -0.2) is 74.6 Å².